The van der Waals surface area contributed by atoms with Crippen molar-refractivity contribution in [3.63, 3.8) is 0 Å². The Balaban J connectivity index is 0.000000148. The van der Waals surface area contributed by atoms with Gasteiger partial charge >= 0.3 is 22.5 Å². The fourth-order valence-electron chi connectivity index (χ4n) is 4.32. The maximum absolute atomic E-state index is 12.2. The van der Waals surface area contributed by atoms with Crippen LogP contribution in [-0.4, -0.2) is 8.42 Å². The van der Waals surface area contributed by atoms with Crippen LogP contribution < -0.4 is 17.0 Å². The highest BCUT2D eigenvalue weighted by atomic mass is 32.2. The van der Waals surface area contributed by atoms with E-state index in [-0.39, 0.29) is 12.1 Å². The minimum atomic E-state index is -1.49. The van der Waals surface area contributed by atoms with Gasteiger partial charge in [-0.25, -0.2) is 0 Å². The van der Waals surface area contributed by atoms with Crippen molar-refractivity contribution in [3.05, 3.63) is 120 Å². The molecule has 184 valence electrons. The van der Waals surface area contributed by atoms with Crippen LogP contribution in [0.15, 0.2) is 109 Å². The Labute approximate surface area is 216 Å². The summed E-state index contributed by atoms with van der Waals surface area (Å²) in [5.74, 6) is 1.41. The molecule has 2 aliphatic rings. The van der Waals surface area contributed by atoms with Crippen LogP contribution in [-0.2, 0) is 22.5 Å². The van der Waals surface area contributed by atoms with E-state index in [0.29, 0.717) is 11.5 Å². The van der Waals surface area contributed by atoms with Crippen LogP contribution in [0, 0.1) is 0 Å². The average molecular weight is 519 g/mol. The lowest BCUT2D eigenvalue weighted by Crippen LogP contribution is -2.35. The first-order chi connectivity index (χ1) is 17.5. The third-order valence-corrected chi connectivity index (χ3v) is 8.45. The topological polar surface area (TPSA) is 59.1 Å². The third-order valence-electron chi connectivity index (χ3n) is 6.11. The van der Waals surface area contributed by atoms with Gasteiger partial charge in [-0.1, -0.05) is 72.8 Å². The van der Waals surface area contributed by atoms with Crippen molar-refractivity contribution in [1.82, 2.24) is 0 Å². The summed E-state index contributed by atoms with van der Waals surface area (Å²) in [6.07, 6.45) is 0. The molecule has 8 heteroatoms. The summed E-state index contributed by atoms with van der Waals surface area (Å²) >= 11 is -2.97. The molecule has 4 atom stereocenters. The largest absolute Gasteiger partial charge is 0.385 e. The van der Waals surface area contributed by atoms with Crippen LogP contribution in [0.1, 0.15) is 37.1 Å². The molecule has 4 aromatic rings. The lowest BCUT2D eigenvalue weighted by atomic mass is 10.1. The standard InChI is InChI=1S/2C14H13NO2S/c2*1-11-13-9-5-6-10-14(13)17-18(16)15(11)12-7-3-2-4-8-12/h2*2-11H,1H3. The second-order valence-corrected chi connectivity index (χ2v) is 10.3. The molecular formula is C28H26N2O4S2. The number of nitrogens with zero attached hydrogens (tertiary/aromatic N) is 2. The fraction of sp³-hybridized carbons (Fsp3) is 0.143. The van der Waals surface area contributed by atoms with Gasteiger partial charge in [-0.05, 0) is 50.2 Å². The average Bonchev–Trinajstić information content (AvgIpc) is 2.90. The Bertz CT molecular complexity index is 1280. The normalized spacial score (nSPS) is 22.2. The smallest absolute Gasteiger partial charge is 0.319 e. The van der Waals surface area contributed by atoms with Gasteiger partial charge in [0.1, 0.15) is 11.5 Å². The van der Waals surface area contributed by atoms with Crippen LogP contribution in [0.3, 0.4) is 0 Å². The molecule has 2 aliphatic heterocycles. The lowest BCUT2D eigenvalue weighted by molar-refractivity contribution is 0.519. The fourth-order valence-corrected chi connectivity index (χ4v) is 6.42. The first-order valence-corrected chi connectivity index (χ1v) is 13.7. The predicted molar refractivity (Wildman–Crippen MR) is 145 cm³/mol. The monoisotopic (exact) mass is 518 g/mol. The minimum absolute atomic E-state index is 0.0261. The van der Waals surface area contributed by atoms with Crippen LogP contribution in [0.4, 0.5) is 11.4 Å². The molecular weight excluding hydrogens is 492 g/mol. The predicted octanol–water partition coefficient (Wildman–Crippen LogP) is 6.45. The van der Waals surface area contributed by atoms with E-state index in [0.717, 1.165) is 22.5 Å². The van der Waals surface area contributed by atoms with E-state index in [2.05, 4.69) is 0 Å². The van der Waals surface area contributed by atoms with Crippen molar-refractivity contribution < 1.29 is 16.8 Å². The number of benzene rings is 4. The summed E-state index contributed by atoms with van der Waals surface area (Å²) in [5.41, 5.74) is 3.91. The van der Waals surface area contributed by atoms with Crippen molar-refractivity contribution in [2.45, 2.75) is 25.9 Å². The quantitative estimate of drug-likeness (QED) is 0.306. The number of hydrogen-bond donors (Lipinski definition) is 0. The molecule has 0 amide bonds. The summed E-state index contributed by atoms with van der Waals surface area (Å²) in [6, 6.07) is 34.8. The van der Waals surface area contributed by atoms with E-state index in [4.69, 9.17) is 8.37 Å². The number of hydrogen-bond acceptors (Lipinski definition) is 4. The van der Waals surface area contributed by atoms with Crippen molar-refractivity contribution in [2.24, 2.45) is 0 Å². The number of rotatable bonds is 2. The van der Waals surface area contributed by atoms with Crippen molar-refractivity contribution in [2.75, 3.05) is 8.61 Å². The number of fused-ring (bicyclic) bond motifs is 2. The first kappa shape index (κ1) is 24.1. The summed E-state index contributed by atoms with van der Waals surface area (Å²) in [6.45, 7) is 4.07. The van der Waals surface area contributed by atoms with Gasteiger partial charge in [0, 0.05) is 11.1 Å². The van der Waals surface area contributed by atoms with Crippen molar-refractivity contribution >= 4 is 33.9 Å². The summed E-state index contributed by atoms with van der Waals surface area (Å²) in [5, 5.41) is 0. The maximum Gasteiger partial charge on any atom is 0.319 e. The highest BCUT2D eigenvalue weighted by molar-refractivity contribution is 7.82. The maximum atomic E-state index is 12.2. The molecule has 6 rings (SSSR count). The van der Waals surface area contributed by atoms with Gasteiger partial charge in [0.15, 0.2) is 0 Å². The Kier molecular flexibility index (Phi) is 7.06. The second-order valence-electron chi connectivity index (χ2n) is 8.35. The molecule has 0 bridgehead atoms. The molecule has 0 N–H and O–H groups in total. The summed E-state index contributed by atoms with van der Waals surface area (Å²) in [4.78, 5) is 0. The SMILES string of the molecule is CC1c2ccccc2OS(=O)N1c1ccccc1.CC1c2ccccc2OS(=O)N1c1ccccc1. The molecule has 4 aromatic carbocycles. The van der Waals surface area contributed by atoms with Crippen molar-refractivity contribution in [3.8, 4) is 11.5 Å². The molecule has 0 saturated heterocycles. The Morgan fingerprint density at radius 2 is 0.861 bits per heavy atom. The van der Waals surface area contributed by atoms with Gasteiger partial charge in [0.2, 0.25) is 0 Å². The van der Waals surface area contributed by atoms with Gasteiger partial charge in [-0.3, -0.25) is 8.61 Å². The number of para-hydroxylation sites is 4. The minimum Gasteiger partial charge on any atom is -0.385 e. The van der Waals surface area contributed by atoms with Gasteiger partial charge < -0.3 is 8.37 Å². The molecule has 0 radical (unpaired) electrons. The zero-order chi connectivity index (χ0) is 25.1. The highest BCUT2D eigenvalue weighted by Gasteiger charge is 2.32. The molecule has 6 nitrogen and oxygen atoms in total. The van der Waals surface area contributed by atoms with E-state index in [1.165, 1.54) is 0 Å². The van der Waals surface area contributed by atoms with Crippen LogP contribution in [0.2, 0.25) is 0 Å². The Morgan fingerprint density at radius 3 is 1.25 bits per heavy atom. The molecule has 0 saturated carbocycles. The third kappa shape index (κ3) is 4.74. The molecule has 4 unspecified atom stereocenters. The molecule has 0 aliphatic carbocycles. The van der Waals surface area contributed by atoms with Crippen LogP contribution in [0.25, 0.3) is 0 Å². The van der Waals surface area contributed by atoms with E-state index in [9.17, 15) is 8.42 Å². The van der Waals surface area contributed by atoms with Gasteiger partial charge in [0.25, 0.3) is 0 Å². The lowest BCUT2D eigenvalue weighted by Gasteiger charge is -2.34. The zero-order valence-electron chi connectivity index (χ0n) is 19.9. The number of anilines is 2. The van der Waals surface area contributed by atoms with Crippen LogP contribution >= 0.6 is 0 Å². The molecule has 0 fully saturated rings. The molecule has 0 spiro atoms. The Morgan fingerprint density at radius 1 is 0.528 bits per heavy atom. The van der Waals surface area contributed by atoms with E-state index < -0.39 is 22.5 Å². The molecule has 36 heavy (non-hydrogen) atoms. The second kappa shape index (κ2) is 10.6. The van der Waals surface area contributed by atoms with E-state index in [1.54, 1.807) is 8.61 Å². The van der Waals surface area contributed by atoms with E-state index in [1.807, 2.05) is 123 Å². The van der Waals surface area contributed by atoms with Gasteiger partial charge in [0.05, 0.1) is 23.5 Å². The summed E-state index contributed by atoms with van der Waals surface area (Å²) in [7, 11) is 0. The van der Waals surface area contributed by atoms with Crippen LogP contribution in [0.5, 0.6) is 11.5 Å². The highest BCUT2D eigenvalue weighted by Crippen LogP contribution is 2.39. The van der Waals surface area contributed by atoms with Crippen molar-refractivity contribution in [1.29, 1.82) is 0 Å². The van der Waals surface area contributed by atoms with Gasteiger partial charge in [-0.2, -0.15) is 8.42 Å². The zero-order valence-corrected chi connectivity index (χ0v) is 21.5. The first-order valence-electron chi connectivity index (χ1n) is 11.6. The molecule has 2 heterocycles. The molecule has 0 aromatic heterocycles. The van der Waals surface area contributed by atoms with Gasteiger partial charge in [-0.15, -0.1) is 0 Å². The summed E-state index contributed by atoms with van der Waals surface area (Å²) < 4.78 is 38.9. The van der Waals surface area contributed by atoms with E-state index >= 15 is 0 Å². The Hall–Kier alpha value is -3.62.